The molecule has 2 unspecified atom stereocenters. The van der Waals surface area contributed by atoms with E-state index in [0.717, 1.165) is 65.0 Å². The van der Waals surface area contributed by atoms with Crippen LogP contribution in [0.5, 0.6) is 0 Å². The molecule has 2 atom stereocenters. The van der Waals surface area contributed by atoms with Crippen molar-refractivity contribution < 1.29 is 0 Å². The van der Waals surface area contributed by atoms with Crippen molar-refractivity contribution in [3.63, 3.8) is 0 Å². The first kappa shape index (κ1) is 30.5. The van der Waals surface area contributed by atoms with Gasteiger partial charge >= 0.3 is 0 Å². The Kier molecular flexibility index (Phi) is 10.3. The van der Waals surface area contributed by atoms with Crippen molar-refractivity contribution in [1.82, 2.24) is 19.5 Å². The van der Waals surface area contributed by atoms with Gasteiger partial charge in [-0.1, -0.05) is 0 Å². The summed E-state index contributed by atoms with van der Waals surface area (Å²) in [4.78, 5) is 0. The number of nitrogens with zero attached hydrogens (tertiary/aromatic N) is 8. The van der Waals surface area contributed by atoms with Gasteiger partial charge in [0, 0.05) is 39.3 Å². The molecule has 24 heteroatoms. The van der Waals surface area contributed by atoms with Crippen LogP contribution >= 0.6 is 129 Å². The zero-order valence-corrected chi connectivity index (χ0v) is 28.8. The zero-order chi connectivity index (χ0) is 24.9. The molecule has 4 aliphatic heterocycles. The Morgan fingerprint density at radius 2 is 0.882 bits per heavy atom. The molecule has 0 saturated carbocycles. The van der Waals surface area contributed by atoms with Gasteiger partial charge in [-0.25, -0.2) is 9.34 Å². The van der Waals surface area contributed by atoms with Crippen LogP contribution in [0.15, 0.2) is 27.1 Å². The molecule has 2 fully saturated rings. The van der Waals surface area contributed by atoms with Crippen LogP contribution in [0, 0.1) is 0 Å². The highest BCUT2D eigenvalue weighted by atomic mass is 35.9. The van der Waals surface area contributed by atoms with E-state index < -0.39 is 38.7 Å². The van der Waals surface area contributed by atoms with Crippen molar-refractivity contribution in [2.24, 2.45) is 27.1 Å². The van der Waals surface area contributed by atoms with Gasteiger partial charge in [-0.15, -0.1) is 0 Å². The molecular weight excluding hydrogens is 730 g/mol. The second-order valence-corrected chi connectivity index (χ2v) is 33.0. The molecule has 0 amide bonds. The first-order chi connectivity index (χ1) is 15.7. The van der Waals surface area contributed by atoms with Crippen LogP contribution in [0.4, 0.5) is 0 Å². The lowest BCUT2D eigenvalue weighted by Gasteiger charge is -2.41. The second-order valence-electron chi connectivity index (χ2n) is 7.63. The summed E-state index contributed by atoms with van der Waals surface area (Å²) in [6.45, 7) is 4.50. The van der Waals surface area contributed by atoms with Gasteiger partial charge in [-0.3, -0.25) is 10.2 Å². The van der Waals surface area contributed by atoms with Gasteiger partial charge in [0.05, 0.1) is 0 Å². The third-order valence-electron chi connectivity index (χ3n) is 5.06. The van der Waals surface area contributed by atoms with Crippen LogP contribution in [0.2, 0.25) is 0 Å². The maximum atomic E-state index is 6.36. The molecule has 0 bridgehead atoms. The molecule has 4 heterocycles. The SMILES string of the molecule is ClP1(Cl)=NP(Cl)(Cl)=NP2(=N1)NCCCN2CCCCN1CCCNP12=NP(Cl)(Cl)=NP(Cl)(Cl)=N2. The van der Waals surface area contributed by atoms with E-state index in [1.807, 2.05) is 0 Å². The summed E-state index contributed by atoms with van der Waals surface area (Å²) in [6, 6.07) is 0. The molecule has 198 valence electrons. The Balaban J connectivity index is 1.48. The van der Waals surface area contributed by atoms with Crippen molar-refractivity contribution in [2.75, 3.05) is 39.3 Å². The average molecular weight is 752 g/mol. The predicted molar refractivity (Wildman–Crippen MR) is 161 cm³/mol. The summed E-state index contributed by atoms with van der Waals surface area (Å²) in [7, 11) is -5.19. The molecule has 0 aromatic heterocycles. The van der Waals surface area contributed by atoms with E-state index in [9.17, 15) is 0 Å². The fraction of sp³-hybridized carbons (Fsp3) is 1.00. The number of hydrogen-bond donors (Lipinski definition) is 2. The molecular formula is C10H22Cl8N10P6. The third-order valence-corrected chi connectivity index (χ3v) is 29.4. The highest BCUT2D eigenvalue weighted by Gasteiger charge is 2.41. The molecule has 0 radical (unpaired) electrons. The minimum atomic E-state index is -3.00. The van der Waals surface area contributed by atoms with E-state index >= 15 is 0 Å². The summed E-state index contributed by atoms with van der Waals surface area (Å²) >= 11 is 50.9. The van der Waals surface area contributed by atoms with Gasteiger partial charge in [-0.2, -0.15) is 27.1 Å². The first-order valence-electron chi connectivity index (χ1n) is 10.1. The van der Waals surface area contributed by atoms with E-state index in [0.29, 0.717) is 0 Å². The average Bonchev–Trinajstić information content (AvgIpc) is 2.62. The van der Waals surface area contributed by atoms with Crippen molar-refractivity contribution >= 4 is 129 Å². The van der Waals surface area contributed by atoms with Crippen molar-refractivity contribution in [2.45, 2.75) is 25.7 Å². The van der Waals surface area contributed by atoms with Gasteiger partial charge in [0.15, 0.2) is 0 Å². The molecule has 2 spiro atoms. The summed E-state index contributed by atoms with van der Waals surface area (Å²) < 4.78 is 31.1. The van der Waals surface area contributed by atoms with Gasteiger partial charge < -0.3 is 0 Å². The monoisotopic (exact) mass is 748 g/mol. The number of unbranched alkanes of at least 4 members (excludes halogenated alkanes) is 1. The van der Waals surface area contributed by atoms with Crippen molar-refractivity contribution in [1.29, 1.82) is 0 Å². The molecule has 0 aromatic carbocycles. The molecule has 0 aromatic rings. The lowest BCUT2D eigenvalue weighted by Crippen LogP contribution is -2.37. The lowest BCUT2D eigenvalue weighted by molar-refractivity contribution is 0.365. The van der Waals surface area contributed by atoms with E-state index in [1.54, 1.807) is 0 Å². The maximum Gasteiger partial charge on any atom is 0.257 e. The molecule has 34 heavy (non-hydrogen) atoms. The first-order valence-corrected chi connectivity index (χ1v) is 27.4. The number of nitrogens with one attached hydrogen (secondary N) is 2. The highest BCUT2D eigenvalue weighted by Crippen LogP contribution is 2.86. The van der Waals surface area contributed by atoms with E-state index in [1.165, 1.54) is 0 Å². The minimum absolute atomic E-state index is 0.718. The molecule has 4 aliphatic rings. The fourth-order valence-corrected chi connectivity index (χ4v) is 35.7. The number of halogens is 8. The summed E-state index contributed by atoms with van der Waals surface area (Å²) in [6.07, 6.45) is 3.58. The van der Waals surface area contributed by atoms with Crippen LogP contribution in [-0.4, -0.2) is 48.6 Å². The van der Waals surface area contributed by atoms with Crippen LogP contribution in [0.1, 0.15) is 25.7 Å². The largest absolute Gasteiger partial charge is 0.257 e. The normalized spacial score (nSPS) is 36.4. The predicted octanol–water partition coefficient (Wildman–Crippen LogP) is 12.0. The topological polar surface area (TPSA) is 105 Å². The summed E-state index contributed by atoms with van der Waals surface area (Å²) in [5.41, 5.74) is 0. The van der Waals surface area contributed by atoms with Crippen LogP contribution in [0.3, 0.4) is 0 Å². The molecule has 2 N–H and O–H groups in total. The summed E-state index contributed by atoms with van der Waals surface area (Å²) in [5, 5.41) is 6.81. The fourth-order valence-electron chi connectivity index (χ4n) is 3.87. The van der Waals surface area contributed by atoms with Crippen LogP contribution < -0.4 is 10.2 Å². The van der Waals surface area contributed by atoms with Crippen LogP contribution in [-0.2, 0) is 0 Å². The third kappa shape index (κ3) is 7.63. The van der Waals surface area contributed by atoms with Crippen molar-refractivity contribution in [3.8, 4) is 0 Å². The molecule has 4 rings (SSSR count). The quantitative estimate of drug-likeness (QED) is 0.215. The van der Waals surface area contributed by atoms with Crippen LogP contribution in [0.25, 0.3) is 0 Å². The molecule has 2 saturated heterocycles. The van der Waals surface area contributed by atoms with Crippen molar-refractivity contribution in [3.05, 3.63) is 0 Å². The molecule has 0 aliphatic carbocycles. The Morgan fingerprint density at radius 3 is 1.24 bits per heavy atom. The van der Waals surface area contributed by atoms with Gasteiger partial charge in [0.1, 0.15) is 0 Å². The summed E-state index contributed by atoms with van der Waals surface area (Å²) in [5.74, 6) is -12.0. The number of hydrogen-bond acceptors (Lipinski definition) is 10. The van der Waals surface area contributed by atoms with Gasteiger partial charge in [0.25, 0.3) is 23.6 Å². The molecule has 10 nitrogen and oxygen atoms in total. The van der Waals surface area contributed by atoms with Gasteiger partial charge in [0.2, 0.25) is 15.0 Å². The maximum absolute atomic E-state index is 6.36. The number of rotatable bonds is 5. The zero-order valence-electron chi connectivity index (χ0n) is 17.4. The highest BCUT2D eigenvalue weighted by molar-refractivity contribution is 8.21. The van der Waals surface area contributed by atoms with E-state index in [2.05, 4.69) is 46.6 Å². The second kappa shape index (κ2) is 11.4. The standard InChI is InChI=1S/C10H22Cl8N10P6/c11-29(12)21-30(13,14)24-33(23-29)19-5-3-9-27(33)7-1-2-8-28-10-4-6-20-34(28)25-31(15,16)22-32(17,18)26-34/h19-20H,1-10H2. The lowest BCUT2D eigenvalue weighted by atomic mass is 10.3. The minimum Gasteiger partial charge on any atom is -0.253 e. The smallest absolute Gasteiger partial charge is 0.253 e. The van der Waals surface area contributed by atoms with E-state index in [-0.39, 0.29) is 0 Å². The van der Waals surface area contributed by atoms with Gasteiger partial charge in [-0.05, 0) is 116 Å². The van der Waals surface area contributed by atoms with E-state index in [4.69, 9.17) is 89.9 Å². The Bertz CT molecular complexity index is 1060. The Labute approximate surface area is 238 Å². The Morgan fingerprint density at radius 1 is 0.529 bits per heavy atom. The Hall–Kier alpha value is 3.54.